The van der Waals surface area contributed by atoms with Gasteiger partial charge in [-0.25, -0.2) is 0 Å². The number of thiol groups is 1. The Labute approximate surface area is 95.6 Å². The molecular weight excluding hydrogens is 188 g/mol. The summed E-state index contributed by atoms with van der Waals surface area (Å²) in [7, 11) is 0. The second-order valence-corrected chi connectivity index (χ2v) is 5.50. The van der Waals surface area contributed by atoms with Crippen LogP contribution in [0.25, 0.3) is 0 Å². The second-order valence-electron chi connectivity index (χ2n) is 4.68. The fourth-order valence-corrected chi connectivity index (χ4v) is 2.35. The molecule has 0 aliphatic rings. The van der Waals surface area contributed by atoms with Crippen LogP contribution in [-0.2, 0) is 0 Å². The van der Waals surface area contributed by atoms with E-state index in [1.165, 1.54) is 19.3 Å². The van der Waals surface area contributed by atoms with Gasteiger partial charge in [0.05, 0.1) is 0 Å². The monoisotopic (exact) mass is 214 g/mol. The summed E-state index contributed by atoms with van der Waals surface area (Å²) < 4.78 is 0. The summed E-state index contributed by atoms with van der Waals surface area (Å²) in [6, 6.07) is 0. The molecule has 0 amide bonds. The van der Waals surface area contributed by atoms with Crippen molar-refractivity contribution in [3.63, 3.8) is 0 Å². The fourth-order valence-electron chi connectivity index (χ4n) is 1.98. The van der Waals surface area contributed by atoms with Crippen molar-refractivity contribution in [1.29, 1.82) is 0 Å². The van der Waals surface area contributed by atoms with Crippen LogP contribution in [0.4, 0.5) is 0 Å². The van der Waals surface area contributed by atoms with Gasteiger partial charge in [0.1, 0.15) is 0 Å². The first kappa shape index (κ1) is 14.1. The minimum atomic E-state index is 0.483. The van der Waals surface area contributed by atoms with Crippen molar-refractivity contribution < 1.29 is 0 Å². The van der Waals surface area contributed by atoms with Crippen molar-refractivity contribution >= 4 is 12.6 Å². The maximum Gasteiger partial charge on any atom is 0.00223 e. The van der Waals surface area contributed by atoms with E-state index in [1.54, 1.807) is 0 Å². The van der Waals surface area contributed by atoms with E-state index in [0.29, 0.717) is 17.1 Å². The highest BCUT2D eigenvalue weighted by molar-refractivity contribution is 7.80. The van der Waals surface area contributed by atoms with E-state index in [-0.39, 0.29) is 0 Å². The first-order valence-electron chi connectivity index (χ1n) is 5.83. The van der Waals surface area contributed by atoms with E-state index in [4.69, 9.17) is 0 Å². The molecule has 0 aromatic rings. The highest BCUT2D eigenvalue weighted by Gasteiger charge is 2.21. The molecule has 0 fully saturated rings. The normalized spacial score (nSPS) is 17.9. The Balaban J connectivity index is 4.19. The maximum absolute atomic E-state index is 4.59. The highest BCUT2D eigenvalue weighted by Crippen LogP contribution is 2.29. The van der Waals surface area contributed by atoms with Gasteiger partial charge in [-0.3, -0.25) is 0 Å². The summed E-state index contributed by atoms with van der Waals surface area (Å²) in [6.45, 7) is 13.0. The Hall–Kier alpha value is 0.0900. The minimum absolute atomic E-state index is 0.483. The summed E-state index contributed by atoms with van der Waals surface area (Å²) in [5, 5.41) is 0.483. The predicted octanol–water partition coefficient (Wildman–Crippen LogP) is 4.57. The SMILES string of the molecule is C=CC(CC)C(CCC(C)C)C(C)S. The zero-order valence-corrected chi connectivity index (χ0v) is 11.1. The van der Waals surface area contributed by atoms with Crippen LogP contribution >= 0.6 is 12.6 Å². The molecule has 0 radical (unpaired) electrons. The van der Waals surface area contributed by atoms with E-state index in [9.17, 15) is 0 Å². The molecule has 84 valence electrons. The first-order chi connectivity index (χ1) is 6.52. The Morgan fingerprint density at radius 2 is 1.79 bits per heavy atom. The van der Waals surface area contributed by atoms with Crippen LogP contribution in [0.1, 0.15) is 47.0 Å². The van der Waals surface area contributed by atoms with Gasteiger partial charge in [-0.2, -0.15) is 12.6 Å². The molecule has 0 heterocycles. The Morgan fingerprint density at radius 3 is 2.07 bits per heavy atom. The van der Waals surface area contributed by atoms with E-state index < -0.39 is 0 Å². The lowest BCUT2D eigenvalue weighted by atomic mass is 9.83. The van der Waals surface area contributed by atoms with Crippen LogP contribution in [0.3, 0.4) is 0 Å². The molecule has 3 unspecified atom stereocenters. The number of rotatable bonds is 7. The maximum atomic E-state index is 4.59. The van der Waals surface area contributed by atoms with Crippen LogP contribution in [0.5, 0.6) is 0 Å². The number of hydrogen-bond donors (Lipinski definition) is 1. The predicted molar refractivity (Wildman–Crippen MR) is 70.0 cm³/mol. The van der Waals surface area contributed by atoms with Gasteiger partial charge in [0, 0.05) is 5.25 Å². The Bertz CT molecular complexity index is 149. The van der Waals surface area contributed by atoms with Crippen molar-refractivity contribution in [2.24, 2.45) is 17.8 Å². The summed E-state index contributed by atoms with van der Waals surface area (Å²) in [5.41, 5.74) is 0. The van der Waals surface area contributed by atoms with Crippen molar-refractivity contribution in [2.45, 2.75) is 52.2 Å². The smallest absolute Gasteiger partial charge is 0.00223 e. The van der Waals surface area contributed by atoms with Gasteiger partial charge in [0.2, 0.25) is 0 Å². The third-order valence-electron chi connectivity index (χ3n) is 3.02. The van der Waals surface area contributed by atoms with E-state index in [1.807, 2.05) is 0 Å². The fraction of sp³-hybridized carbons (Fsp3) is 0.846. The zero-order chi connectivity index (χ0) is 11.1. The van der Waals surface area contributed by atoms with Crippen molar-refractivity contribution in [1.82, 2.24) is 0 Å². The number of allylic oxidation sites excluding steroid dienone is 1. The van der Waals surface area contributed by atoms with Gasteiger partial charge in [0.25, 0.3) is 0 Å². The largest absolute Gasteiger partial charge is 0.176 e. The molecule has 0 rings (SSSR count). The lowest BCUT2D eigenvalue weighted by Crippen LogP contribution is -2.21. The third kappa shape index (κ3) is 5.09. The van der Waals surface area contributed by atoms with Gasteiger partial charge >= 0.3 is 0 Å². The summed E-state index contributed by atoms with van der Waals surface area (Å²) >= 11 is 4.59. The lowest BCUT2D eigenvalue weighted by molar-refractivity contribution is 0.332. The standard InChI is InChI=1S/C13H26S/c1-6-12(7-2)13(11(5)14)9-8-10(3)4/h6,10-14H,1,7-9H2,2-5H3. The zero-order valence-electron chi connectivity index (χ0n) is 10.2. The van der Waals surface area contributed by atoms with Gasteiger partial charge < -0.3 is 0 Å². The average molecular weight is 214 g/mol. The Morgan fingerprint density at radius 1 is 1.21 bits per heavy atom. The molecule has 0 aliphatic carbocycles. The van der Waals surface area contributed by atoms with E-state index in [0.717, 1.165) is 5.92 Å². The average Bonchev–Trinajstić information content (AvgIpc) is 2.11. The molecule has 3 atom stereocenters. The summed E-state index contributed by atoms with van der Waals surface area (Å²) in [5.74, 6) is 2.14. The minimum Gasteiger partial charge on any atom is -0.176 e. The molecule has 0 spiro atoms. The van der Waals surface area contributed by atoms with Gasteiger partial charge in [0.15, 0.2) is 0 Å². The van der Waals surface area contributed by atoms with Gasteiger partial charge in [-0.15, -0.1) is 6.58 Å². The van der Waals surface area contributed by atoms with Gasteiger partial charge in [-0.1, -0.05) is 40.2 Å². The van der Waals surface area contributed by atoms with Crippen LogP contribution in [0, 0.1) is 17.8 Å². The van der Waals surface area contributed by atoms with Crippen molar-refractivity contribution in [3.8, 4) is 0 Å². The Kier molecular flexibility index (Phi) is 7.44. The van der Waals surface area contributed by atoms with Crippen LogP contribution in [0.15, 0.2) is 12.7 Å². The summed E-state index contributed by atoms with van der Waals surface area (Å²) in [6.07, 6.45) is 5.89. The van der Waals surface area contributed by atoms with Crippen LogP contribution in [0.2, 0.25) is 0 Å². The van der Waals surface area contributed by atoms with Crippen molar-refractivity contribution in [3.05, 3.63) is 12.7 Å². The molecule has 0 nitrogen and oxygen atoms in total. The molecule has 1 heteroatoms. The highest BCUT2D eigenvalue weighted by atomic mass is 32.1. The molecule has 14 heavy (non-hydrogen) atoms. The van der Waals surface area contributed by atoms with Gasteiger partial charge in [-0.05, 0) is 30.6 Å². The number of hydrogen-bond acceptors (Lipinski definition) is 1. The molecule has 0 N–H and O–H groups in total. The molecular formula is C13H26S. The molecule has 0 aliphatic heterocycles. The molecule has 0 aromatic heterocycles. The topological polar surface area (TPSA) is 0 Å². The molecule has 0 bridgehead atoms. The molecule has 0 saturated carbocycles. The van der Waals surface area contributed by atoms with E-state index >= 15 is 0 Å². The summed E-state index contributed by atoms with van der Waals surface area (Å²) in [4.78, 5) is 0. The lowest BCUT2D eigenvalue weighted by Gasteiger charge is -2.27. The first-order valence-corrected chi connectivity index (χ1v) is 6.35. The van der Waals surface area contributed by atoms with Crippen LogP contribution < -0.4 is 0 Å². The molecule has 0 aromatic carbocycles. The van der Waals surface area contributed by atoms with Crippen molar-refractivity contribution in [2.75, 3.05) is 0 Å². The van der Waals surface area contributed by atoms with E-state index in [2.05, 4.69) is 53.0 Å². The molecule has 0 saturated heterocycles. The quantitative estimate of drug-likeness (QED) is 0.466. The third-order valence-corrected chi connectivity index (χ3v) is 3.40. The van der Waals surface area contributed by atoms with Crippen LogP contribution in [-0.4, -0.2) is 5.25 Å². The second kappa shape index (κ2) is 7.39.